The number of carbonyl (C=O) groups is 5. The molecule has 242 valence electrons. The van der Waals surface area contributed by atoms with Crippen molar-refractivity contribution < 1.29 is 38.2 Å². The second kappa shape index (κ2) is 12.9. The lowest BCUT2D eigenvalue weighted by atomic mass is 10.0. The van der Waals surface area contributed by atoms with E-state index in [1.807, 2.05) is 12.2 Å². The number of carbonyl (C=O) groups excluding carboxylic acids is 4. The number of benzene rings is 1. The summed E-state index contributed by atoms with van der Waals surface area (Å²) in [5.74, 6) is -3.84. The molecular formula is C32H35FN6O7. The fourth-order valence-corrected chi connectivity index (χ4v) is 6.52. The van der Waals surface area contributed by atoms with E-state index >= 15 is 0 Å². The first kappa shape index (κ1) is 31.1. The molecule has 1 saturated heterocycles. The van der Waals surface area contributed by atoms with Crippen LogP contribution in [0.2, 0.25) is 0 Å². The number of aromatic nitrogens is 2. The Kier molecular flexibility index (Phi) is 8.69. The lowest BCUT2D eigenvalue weighted by Gasteiger charge is -2.29. The average molecular weight is 635 g/mol. The van der Waals surface area contributed by atoms with E-state index in [1.165, 1.54) is 34.5 Å². The normalized spacial score (nSPS) is 27.8. The molecule has 5 atom stereocenters. The first-order valence-corrected chi connectivity index (χ1v) is 15.5. The monoisotopic (exact) mass is 634 g/mol. The number of nitrogens with zero attached hydrogens (tertiary/aromatic N) is 4. The van der Waals surface area contributed by atoms with Gasteiger partial charge in [-0.1, -0.05) is 37.1 Å². The van der Waals surface area contributed by atoms with Gasteiger partial charge in [0.1, 0.15) is 35.2 Å². The van der Waals surface area contributed by atoms with Crippen LogP contribution < -0.4 is 10.6 Å². The summed E-state index contributed by atoms with van der Waals surface area (Å²) in [6.45, 7) is 0.0170. The van der Waals surface area contributed by atoms with Crippen LogP contribution in [-0.2, 0) is 32.2 Å². The van der Waals surface area contributed by atoms with Crippen LogP contribution in [0.15, 0.2) is 48.9 Å². The fraction of sp³-hybridized carbons (Fsp3) is 0.469. The number of fused-ring (bicyclic) bond motifs is 3. The highest BCUT2D eigenvalue weighted by Crippen LogP contribution is 2.45. The maximum Gasteiger partial charge on any atom is 0.410 e. The summed E-state index contributed by atoms with van der Waals surface area (Å²) < 4.78 is 20.1. The number of rotatable bonds is 4. The largest absolute Gasteiger partial charge is 0.479 e. The molecule has 4 amide bonds. The second-order valence-corrected chi connectivity index (χ2v) is 12.2. The van der Waals surface area contributed by atoms with Crippen molar-refractivity contribution in [3.05, 3.63) is 71.6 Å². The smallest absolute Gasteiger partial charge is 0.410 e. The van der Waals surface area contributed by atoms with Gasteiger partial charge in [0.15, 0.2) is 0 Å². The number of hydrogen-bond acceptors (Lipinski definition) is 8. The van der Waals surface area contributed by atoms with Gasteiger partial charge in [-0.3, -0.25) is 24.3 Å². The third-order valence-corrected chi connectivity index (χ3v) is 9.17. The number of nitrogens with one attached hydrogen (secondary N) is 2. The van der Waals surface area contributed by atoms with E-state index in [2.05, 4.69) is 20.6 Å². The zero-order chi connectivity index (χ0) is 32.4. The molecule has 2 fully saturated rings. The van der Waals surface area contributed by atoms with Gasteiger partial charge < -0.3 is 25.4 Å². The summed E-state index contributed by atoms with van der Waals surface area (Å²) in [6.07, 6.45) is 9.42. The molecule has 0 bridgehead atoms. The molecule has 4 heterocycles. The van der Waals surface area contributed by atoms with Gasteiger partial charge >= 0.3 is 12.1 Å². The summed E-state index contributed by atoms with van der Waals surface area (Å²) in [4.78, 5) is 76.9. The van der Waals surface area contributed by atoms with E-state index in [9.17, 15) is 33.5 Å². The first-order valence-electron chi connectivity index (χ1n) is 15.5. The maximum atomic E-state index is 14.3. The van der Waals surface area contributed by atoms with Gasteiger partial charge in [-0.25, -0.2) is 19.0 Å². The number of hydrogen-bond donors (Lipinski definition) is 3. The lowest BCUT2D eigenvalue weighted by molar-refractivity contribution is -0.145. The van der Waals surface area contributed by atoms with Crippen molar-refractivity contribution in [2.45, 2.75) is 81.8 Å². The Balaban J connectivity index is 1.24. The van der Waals surface area contributed by atoms with Crippen molar-refractivity contribution in [2.75, 3.05) is 6.54 Å². The standard InChI is InChI=1S/C32H35FN6O7/c33-23-9-6-7-19-16-38(18-22(19)23)31(45)46-21-13-26-28(41)37-32(30(43)44)14-20(32)8-4-2-1-3-5-10-24(29(42)39(26)17-21)36-27(40)25-15-34-11-12-35-25/h4,6-9,11-12,15,20-21,24,26H,1-3,5,10,13-14,16-18H2,(H,36,40)(H,37,41)(H,43,44)/t20-,21-,24+,26?,32-/m1/s1. The van der Waals surface area contributed by atoms with Gasteiger partial charge in [-0.2, -0.15) is 0 Å². The number of aliphatic carboxylic acids is 1. The number of allylic oxidation sites excluding steroid dienone is 1. The van der Waals surface area contributed by atoms with Crippen LogP contribution >= 0.6 is 0 Å². The van der Waals surface area contributed by atoms with Gasteiger partial charge in [0.25, 0.3) is 5.91 Å². The van der Waals surface area contributed by atoms with Gasteiger partial charge in [0.05, 0.1) is 19.3 Å². The molecule has 0 radical (unpaired) electrons. The van der Waals surface area contributed by atoms with E-state index in [4.69, 9.17) is 4.74 Å². The number of carboxylic acids is 1. The zero-order valence-corrected chi connectivity index (χ0v) is 25.1. The Labute approximate surface area is 264 Å². The molecule has 1 saturated carbocycles. The van der Waals surface area contributed by atoms with E-state index < -0.39 is 65.2 Å². The third kappa shape index (κ3) is 6.28. The molecule has 0 spiro atoms. The first-order chi connectivity index (χ1) is 22.2. The van der Waals surface area contributed by atoms with Crippen molar-refractivity contribution in [1.82, 2.24) is 30.4 Å². The van der Waals surface area contributed by atoms with Gasteiger partial charge in [0, 0.05) is 36.8 Å². The molecule has 6 rings (SSSR count). The summed E-state index contributed by atoms with van der Waals surface area (Å²) in [5.41, 5.74) is -0.409. The van der Waals surface area contributed by atoms with Crippen LogP contribution in [0, 0.1) is 11.7 Å². The Morgan fingerprint density at radius 3 is 2.74 bits per heavy atom. The SMILES string of the molecule is O=C(N[C@H]1CCCCCC=C[C@@H]2C[C@@]2(C(=O)O)NC(=O)C2C[C@@H](OC(=O)N3Cc4cccc(F)c4C3)CN2C1=O)c1cnccn1. The van der Waals surface area contributed by atoms with Crippen LogP contribution in [0.3, 0.4) is 0 Å². The highest BCUT2D eigenvalue weighted by atomic mass is 19.1. The summed E-state index contributed by atoms with van der Waals surface area (Å²) in [5, 5.41) is 15.5. The predicted molar refractivity (Wildman–Crippen MR) is 158 cm³/mol. The number of amides is 4. The number of ether oxygens (including phenoxy) is 1. The highest BCUT2D eigenvalue weighted by Gasteiger charge is 2.61. The summed E-state index contributed by atoms with van der Waals surface area (Å²) in [7, 11) is 0. The highest BCUT2D eigenvalue weighted by molar-refractivity contribution is 5.98. The molecule has 1 aromatic carbocycles. The van der Waals surface area contributed by atoms with Crippen molar-refractivity contribution in [3.63, 3.8) is 0 Å². The van der Waals surface area contributed by atoms with Crippen LogP contribution in [0.5, 0.6) is 0 Å². The van der Waals surface area contributed by atoms with Crippen LogP contribution in [-0.4, -0.2) is 84.9 Å². The van der Waals surface area contributed by atoms with Crippen molar-refractivity contribution in [3.8, 4) is 0 Å². The van der Waals surface area contributed by atoms with Crippen molar-refractivity contribution in [2.24, 2.45) is 5.92 Å². The number of carboxylic acid groups (broad SMARTS) is 1. The minimum absolute atomic E-state index is 0.0186. The molecular weight excluding hydrogens is 599 g/mol. The maximum absolute atomic E-state index is 14.3. The lowest BCUT2D eigenvalue weighted by Crippen LogP contribution is -2.56. The molecule has 13 nitrogen and oxygen atoms in total. The van der Waals surface area contributed by atoms with Crippen molar-refractivity contribution in [1.29, 1.82) is 0 Å². The molecule has 4 aliphatic rings. The van der Waals surface area contributed by atoms with Gasteiger partial charge in [-0.15, -0.1) is 0 Å². The molecule has 3 N–H and O–H groups in total. The minimum Gasteiger partial charge on any atom is -0.479 e. The molecule has 46 heavy (non-hydrogen) atoms. The van der Waals surface area contributed by atoms with E-state index in [0.717, 1.165) is 12.8 Å². The van der Waals surface area contributed by atoms with E-state index in [-0.39, 0.29) is 44.6 Å². The van der Waals surface area contributed by atoms with Gasteiger partial charge in [0.2, 0.25) is 11.8 Å². The van der Waals surface area contributed by atoms with E-state index in [0.29, 0.717) is 24.0 Å². The fourth-order valence-electron chi connectivity index (χ4n) is 6.52. The average Bonchev–Trinajstić information content (AvgIpc) is 3.35. The molecule has 2 aromatic rings. The van der Waals surface area contributed by atoms with Crippen LogP contribution in [0.4, 0.5) is 9.18 Å². The minimum atomic E-state index is -1.50. The van der Waals surface area contributed by atoms with E-state index in [1.54, 1.807) is 12.1 Å². The predicted octanol–water partition coefficient (Wildman–Crippen LogP) is 2.32. The van der Waals surface area contributed by atoms with Crippen LogP contribution in [0.1, 0.15) is 66.6 Å². The zero-order valence-electron chi connectivity index (χ0n) is 25.1. The molecule has 3 aliphatic heterocycles. The van der Waals surface area contributed by atoms with Crippen LogP contribution in [0.25, 0.3) is 0 Å². The topological polar surface area (TPSA) is 171 Å². The van der Waals surface area contributed by atoms with Gasteiger partial charge in [-0.05, 0) is 37.3 Å². The Morgan fingerprint density at radius 1 is 1.13 bits per heavy atom. The molecule has 14 heteroatoms. The quantitative estimate of drug-likeness (QED) is 0.427. The third-order valence-electron chi connectivity index (χ3n) is 9.17. The van der Waals surface area contributed by atoms with Crippen molar-refractivity contribution >= 4 is 29.8 Å². The Hall–Kier alpha value is -4.88. The Morgan fingerprint density at radius 2 is 1.98 bits per heavy atom. The summed E-state index contributed by atoms with van der Waals surface area (Å²) in [6, 6.07) is 2.43. The summed E-state index contributed by atoms with van der Waals surface area (Å²) >= 11 is 0. The second-order valence-electron chi connectivity index (χ2n) is 12.2. The molecule has 1 aliphatic carbocycles. The molecule has 1 aromatic heterocycles. The Bertz CT molecular complexity index is 1570. The molecule has 1 unspecified atom stereocenters. The number of halogens is 1.